The molecule has 1 atom stereocenters. The van der Waals surface area contributed by atoms with Gasteiger partial charge in [-0.1, -0.05) is 0 Å². The van der Waals surface area contributed by atoms with Crippen molar-refractivity contribution in [3.8, 4) is 5.88 Å². The molecule has 26 heavy (non-hydrogen) atoms. The molecule has 0 saturated carbocycles. The van der Waals surface area contributed by atoms with Crippen molar-refractivity contribution >= 4 is 5.91 Å². The molecule has 1 amide bonds. The van der Waals surface area contributed by atoms with Gasteiger partial charge in [0.25, 0.3) is 5.91 Å². The Morgan fingerprint density at radius 2 is 2.27 bits per heavy atom. The van der Waals surface area contributed by atoms with Crippen LogP contribution in [0.1, 0.15) is 35.1 Å². The Labute approximate surface area is 153 Å². The van der Waals surface area contributed by atoms with Crippen molar-refractivity contribution in [2.75, 3.05) is 26.3 Å². The van der Waals surface area contributed by atoms with E-state index in [4.69, 9.17) is 9.47 Å². The zero-order chi connectivity index (χ0) is 18.4. The first-order valence-electron chi connectivity index (χ1n) is 8.93. The van der Waals surface area contributed by atoms with Crippen LogP contribution >= 0.6 is 0 Å². The molecule has 1 aliphatic rings. The van der Waals surface area contributed by atoms with Crippen LogP contribution in [0.3, 0.4) is 0 Å². The van der Waals surface area contributed by atoms with Crippen LogP contribution in [0.5, 0.6) is 5.88 Å². The molecule has 1 fully saturated rings. The minimum Gasteiger partial charge on any atom is -0.477 e. The highest BCUT2D eigenvalue weighted by Gasteiger charge is 2.27. The summed E-state index contributed by atoms with van der Waals surface area (Å²) in [5, 5.41) is 0. The van der Waals surface area contributed by atoms with Gasteiger partial charge in [0.1, 0.15) is 11.9 Å². The predicted molar refractivity (Wildman–Crippen MR) is 96.1 cm³/mol. The van der Waals surface area contributed by atoms with E-state index >= 15 is 0 Å². The van der Waals surface area contributed by atoms with E-state index in [0.717, 1.165) is 24.2 Å². The highest BCUT2D eigenvalue weighted by molar-refractivity contribution is 5.96. The maximum atomic E-state index is 12.9. The fourth-order valence-electron chi connectivity index (χ4n) is 3.01. The normalized spacial score (nSPS) is 17.2. The van der Waals surface area contributed by atoms with Crippen LogP contribution in [0.25, 0.3) is 0 Å². The number of hydrogen-bond donors (Lipinski definition) is 0. The van der Waals surface area contributed by atoms with Gasteiger partial charge < -0.3 is 14.4 Å². The summed E-state index contributed by atoms with van der Waals surface area (Å²) in [6.07, 6.45) is 4.82. The Kier molecular flexibility index (Phi) is 6.12. The van der Waals surface area contributed by atoms with Crippen molar-refractivity contribution in [1.82, 2.24) is 19.9 Å². The van der Waals surface area contributed by atoms with E-state index in [9.17, 15) is 4.79 Å². The lowest BCUT2D eigenvalue weighted by Crippen LogP contribution is -2.45. The molecule has 7 nitrogen and oxygen atoms in total. The fraction of sp³-hybridized carbons (Fsp3) is 0.474. The highest BCUT2D eigenvalue weighted by atomic mass is 16.5. The molecule has 3 heterocycles. The zero-order valence-electron chi connectivity index (χ0n) is 15.2. The molecule has 1 aliphatic heterocycles. The summed E-state index contributed by atoms with van der Waals surface area (Å²) >= 11 is 0. The highest BCUT2D eigenvalue weighted by Crippen LogP contribution is 2.20. The number of aromatic nitrogens is 3. The van der Waals surface area contributed by atoms with Crippen molar-refractivity contribution in [2.45, 2.75) is 32.8 Å². The van der Waals surface area contributed by atoms with Crippen LogP contribution < -0.4 is 4.74 Å². The summed E-state index contributed by atoms with van der Waals surface area (Å²) in [7, 11) is 0. The van der Waals surface area contributed by atoms with Crippen molar-refractivity contribution in [1.29, 1.82) is 0 Å². The molecule has 0 spiro atoms. The Morgan fingerprint density at radius 1 is 1.38 bits per heavy atom. The van der Waals surface area contributed by atoms with Gasteiger partial charge in [-0.15, -0.1) is 0 Å². The molecule has 2 aromatic heterocycles. The number of aryl methyl sites for hydroxylation is 2. The van der Waals surface area contributed by atoms with Gasteiger partial charge in [-0.2, -0.15) is 0 Å². The Bertz CT molecular complexity index is 753. The Hall–Kier alpha value is -2.54. The molecule has 3 rings (SSSR count). The third-order valence-electron chi connectivity index (χ3n) is 4.29. The van der Waals surface area contributed by atoms with E-state index in [0.29, 0.717) is 37.7 Å². The Morgan fingerprint density at radius 3 is 3.08 bits per heavy atom. The molecule has 0 N–H and O–H groups in total. The number of hydrogen-bond acceptors (Lipinski definition) is 6. The Balaban J connectivity index is 1.62. The smallest absolute Gasteiger partial charge is 0.259 e. The van der Waals surface area contributed by atoms with Crippen molar-refractivity contribution in [3.05, 3.63) is 47.7 Å². The van der Waals surface area contributed by atoms with Gasteiger partial charge in [0.2, 0.25) is 5.88 Å². The van der Waals surface area contributed by atoms with E-state index in [1.165, 1.54) is 0 Å². The summed E-state index contributed by atoms with van der Waals surface area (Å²) in [4.78, 5) is 27.3. The number of morpholine rings is 1. The van der Waals surface area contributed by atoms with Gasteiger partial charge in [0.05, 0.1) is 19.3 Å². The molecular formula is C19H24N4O3. The topological polar surface area (TPSA) is 77.4 Å². The number of pyridine rings is 1. The van der Waals surface area contributed by atoms with Crippen molar-refractivity contribution in [3.63, 3.8) is 0 Å². The minimum atomic E-state index is -0.0623. The first kappa shape index (κ1) is 18.3. The second-order valence-corrected chi connectivity index (χ2v) is 6.22. The summed E-state index contributed by atoms with van der Waals surface area (Å²) < 4.78 is 11.3. The largest absolute Gasteiger partial charge is 0.477 e. The maximum absolute atomic E-state index is 12.9. The molecule has 0 unspecified atom stereocenters. The van der Waals surface area contributed by atoms with Crippen LogP contribution in [-0.2, 0) is 11.2 Å². The number of rotatable bonds is 6. The molecule has 7 heteroatoms. The minimum absolute atomic E-state index is 0.00446. The van der Waals surface area contributed by atoms with E-state index in [1.54, 1.807) is 24.7 Å². The molecule has 2 aromatic rings. The number of nitrogens with zero attached hydrogens (tertiary/aromatic N) is 4. The summed E-state index contributed by atoms with van der Waals surface area (Å²) in [6, 6.07) is 5.50. The second-order valence-electron chi connectivity index (χ2n) is 6.22. The molecule has 1 saturated heterocycles. The maximum Gasteiger partial charge on any atom is 0.259 e. The van der Waals surface area contributed by atoms with Crippen LogP contribution in [0, 0.1) is 6.92 Å². The number of carbonyl (C=O) groups is 1. The van der Waals surface area contributed by atoms with E-state index < -0.39 is 0 Å². The van der Waals surface area contributed by atoms with Crippen LogP contribution in [-0.4, -0.2) is 58.2 Å². The third-order valence-corrected chi connectivity index (χ3v) is 4.29. The van der Waals surface area contributed by atoms with Crippen LogP contribution in [0.15, 0.2) is 30.7 Å². The first-order chi connectivity index (χ1) is 12.7. The first-order valence-corrected chi connectivity index (χ1v) is 8.93. The number of amides is 1. The van der Waals surface area contributed by atoms with Gasteiger partial charge in [-0.05, 0) is 44.9 Å². The quantitative estimate of drug-likeness (QED) is 0.788. The van der Waals surface area contributed by atoms with Crippen LogP contribution in [0.2, 0.25) is 0 Å². The SMILES string of the molecule is CCOc1ncccc1C(=O)N1CCO[C@H](CCc2cc(C)ncn2)C1. The molecule has 0 aliphatic carbocycles. The molecule has 0 radical (unpaired) electrons. The summed E-state index contributed by atoms with van der Waals surface area (Å²) in [5.74, 6) is 0.326. The average Bonchev–Trinajstić information content (AvgIpc) is 2.67. The lowest BCUT2D eigenvalue weighted by Gasteiger charge is -2.33. The predicted octanol–water partition coefficient (Wildman–Crippen LogP) is 2.05. The van der Waals surface area contributed by atoms with Crippen molar-refractivity contribution in [2.24, 2.45) is 0 Å². The molecular weight excluding hydrogens is 332 g/mol. The molecule has 138 valence electrons. The van der Waals surface area contributed by atoms with Gasteiger partial charge in [-0.3, -0.25) is 4.79 Å². The van der Waals surface area contributed by atoms with E-state index in [1.807, 2.05) is 24.8 Å². The van der Waals surface area contributed by atoms with Crippen LogP contribution in [0.4, 0.5) is 0 Å². The second kappa shape index (κ2) is 8.71. The molecule has 0 aromatic carbocycles. The third kappa shape index (κ3) is 4.54. The monoisotopic (exact) mass is 356 g/mol. The van der Waals surface area contributed by atoms with Crippen molar-refractivity contribution < 1.29 is 14.3 Å². The van der Waals surface area contributed by atoms with Gasteiger partial charge >= 0.3 is 0 Å². The lowest BCUT2D eigenvalue weighted by atomic mass is 10.1. The van der Waals surface area contributed by atoms with E-state index in [2.05, 4.69) is 15.0 Å². The summed E-state index contributed by atoms with van der Waals surface area (Å²) in [5.41, 5.74) is 2.45. The number of ether oxygens (including phenoxy) is 2. The standard InChI is InChI=1S/C19H24N4O3/c1-3-25-18-17(5-4-8-20-18)19(24)23-9-10-26-16(12-23)7-6-15-11-14(2)21-13-22-15/h4-5,8,11,13,16H,3,6-7,9-10,12H2,1-2H3/t16-/m1/s1. The van der Waals surface area contributed by atoms with Gasteiger partial charge in [0.15, 0.2) is 0 Å². The lowest BCUT2D eigenvalue weighted by molar-refractivity contribution is -0.0248. The average molecular weight is 356 g/mol. The fourth-order valence-corrected chi connectivity index (χ4v) is 3.01. The molecule has 0 bridgehead atoms. The van der Waals surface area contributed by atoms with Gasteiger partial charge in [0, 0.05) is 30.7 Å². The summed E-state index contributed by atoms with van der Waals surface area (Å²) in [6.45, 7) is 5.96. The number of carbonyl (C=O) groups excluding carboxylic acids is 1. The zero-order valence-corrected chi connectivity index (χ0v) is 15.2. The van der Waals surface area contributed by atoms with Gasteiger partial charge in [-0.25, -0.2) is 15.0 Å². The van der Waals surface area contributed by atoms with E-state index in [-0.39, 0.29) is 12.0 Å².